The predicted molar refractivity (Wildman–Crippen MR) is 138 cm³/mol. The van der Waals surface area contributed by atoms with E-state index in [1.54, 1.807) is 54.0 Å². The van der Waals surface area contributed by atoms with Crippen LogP contribution < -0.4 is 10.3 Å². The fraction of sp³-hybridized carbons (Fsp3) is 0.138. The van der Waals surface area contributed by atoms with Crippen molar-refractivity contribution in [3.8, 4) is 11.4 Å². The van der Waals surface area contributed by atoms with Gasteiger partial charge in [0, 0.05) is 12.6 Å². The Morgan fingerprint density at radius 3 is 2.46 bits per heavy atom. The first-order valence-corrected chi connectivity index (χ1v) is 11.4. The number of carbonyl (C=O) groups excluding carboxylic acids is 1. The lowest BCUT2D eigenvalue weighted by Crippen LogP contribution is -2.34. The molecule has 1 atom stereocenters. The molecule has 1 heterocycles. The van der Waals surface area contributed by atoms with Crippen LogP contribution in [-0.2, 0) is 0 Å². The number of ether oxygens (including phenoxy) is 1. The van der Waals surface area contributed by atoms with Gasteiger partial charge < -0.3 is 9.64 Å². The van der Waals surface area contributed by atoms with E-state index in [0.717, 1.165) is 10.8 Å². The van der Waals surface area contributed by atoms with Crippen LogP contribution in [0.4, 0.5) is 0 Å². The van der Waals surface area contributed by atoms with Gasteiger partial charge in [0.05, 0.1) is 29.7 Å². The number of hydrogen-bond acceptors (Lipinski definition) is 4. The van der Waals surface area contributed by atoms with Crippen molar-refractivity contribution >= 4 is 27.6 Å². The van der Waals surface area contributed by atoms with Gasteiger partial charge in [0.1, 0.15) is 11.6 Å². The third-order valence-electron chi connectivity index (χ3n) is 6.38. The zero-order valence-corrected chi connectivity index (χ0v) is 19.8. The second-order valence-electron chi connectivity index (χ2n) is 8.48. The SMILES string of the molecule is COc1cccc(C(=O)N(C)C(C)c2nc3ccccc3c(=O)n2-c2ccc3ccccc3c2)c1. The molecule has 0 saturated carbocycles. The Kier molecular flexibility index (Phi) is 5.79. The van der Waals surface area contributed by atoms with Crippen LogP contribution in [0.15, 0.2) is 95.8 Å². The van der Waals surface area contributed by atoms with Gasteiger partial charge in [-0.3, -0.25) is 14.2 Å². The van der Waals surface area contributed by atoms with E-state index in [9.17, 15) is 9.59 Å². The number of benzene rings is 4. The maximum absolute atomic E-state index is 13.7. The van der Waals surface area contributed by atoms with Gasteiger partial charge in [0.15, 0.2) is 0 Å². The number of aromatic nitrogens is 2. The monoisotopic (exact) mass is 463 g/mol. The van der Waals surface area contributed by atoms with Crippen molar-refractivity contribution in [2.24, 2.45) is 0 Å². The van der Waals surface area contributed by atoms with Gasteiger partial charge in [0.25, 0.3) is 11.5 Å². The van der Waals surface area contributed by atoms with E-state index < -0.39 is 6.04 Å². The second-order valence-corrected chi connectivity index (χ2v) is 8.48. The number of fused-ring (bicyclic) bond motifs is 2. The molecule has 0 bridgehead atoms. The molecule has 1 amide bonds. The first kappa shape index (κ1) is 22.3. The molecule has 5 rings (SSSR count). The number of hydrogen-bond donors (Lipinski definition) is 0. The summed E-state index contributed by atoms with van der Waals surface area (Å²) in [7, 11) is 3.29. The Labute approximate surface area is 203 Å². The van der Waals surface area contributed by atoms with Crippen molar-refractivity contribution in [3.63, 3.8) is 0 Å². The van der Waals surface area contributed by atoms with E-state index in [1.807, 2.05) is 67.6 Å². The molecule has 6 nitrogen and oxygen atoms in total. The van der Waals surface area contributed by atoms with Crippen LogP contribution in [0.3, 0.4) is 0 Å². The molecule has 0 fully saturated rings. The number of methoxy groups -OCH3 is 1. The Bertz CT molecular complexity index is 1620. The maximum Gasteiger partial charge on any atom is 0.266 e. The van der Waals surface area contributed by atoms with Crippen molar-refractivity contribution in [1.82, 2.24) is 14.5 Å². The van der Waals surface area contributed by atoms with Crippen molar-refractivity contribution < 1.29 is 9.53 Å². The number of amides is 1. The lowest BCUT2D eigenvalue weighted by atomic mass is 10.1. The molecule has 0 aliphatic heterocycles. The summed E-state index contributed by atoms with van der Waals surface area (Å²) in [6.45, 7) is 1.88. The highest BCUT2D eigenvalue weighted by Crippen LogP contribution is 2.26. The maximum atomic E-state index is 13.7. The topological polar surface area (TPSA) is 64.4 Å². The number of nitrogens with zero attached hydrogens (tertiary/aromatic N) is 3. The molecule has 1 unspecified atom stereocenters. The van der Waals surface area contributed by atoms with Crippen LogP contribution in [0.5, 0.6) is 5.75 Å². The molecule has 6 heteroatoms. The highest BCUT2D eigenvalue weighted by atomic mass is 16.5. The van der Waals surface area contributed by atoms with Crippen LogP contribution in [-0.4, -0.2) is 34.5 Å². The van der Waals surface area contributed by atoms with Gasteiger partial charge >= 0.3 is 0 Å². The summed E-state index contributed by atoms with van der Waals surface area (Å²) in [6.07, 6.45) is 0. The van der Waals surface area contributed by atoms with Gasteiger partial charge in [-0.05, 0) is 60.2 Å². The Morgan fingerprint density at radius 2 is 1.66 bits per heavy atom. The predicted octanol–water partition coefficient (Wildman–Crippen LogP) is 5.38. The third-order valence-corrected chi connectivity index (χ3v) is 6.38. The van der Waals surface area contributed by atoms with Crippen molar-refractivity contribution in [2.75, 3.05) is 14.2 Å². The van der Waals surface area contributed by atoms with Gasteiger partial charge in [-0.15, -0.1) is 0 Å². The summed E-state index contributed by atoms with van der Waals surface area (Å²) in [5.41, 5.74) is 1.63. The molecule has 0 saturated heterocycles. The van der Waals surface area contributed by atoms with Gasteiger partial charge in [0.2, 0.25) is 0 Å². The third kappa shape index (κ3) is 4.04. The van der Waals surface area contributed by atoms with E-state index in [0.29, 0.717) is 33.7 Å². The summed E-state index contributed by atoms with van der Waals surface area (Å²) in [5, 5.41) is 2.63. The van der Waals surface area contributed by atoms with E-state index in [-0.39, 0.29) is 11.5 Å². The summed E-state index contributed by atoms with van der Waals surface area (Å²) < 4.78 is 6.90. The quantitative estimate of drug-likeness (QED) is 0.351. The average Bonchev–Trinajstić information content (AvgIpc) is 2.91. The zero-order valence-electron chi connectivity index (χ0n) is 19.8. The minimum absolute atomic E-state index is 0.171. The van der Waals surface area contributed by atoms with Crippen molar-refractivity contribution in [2.45, 2.75) is 13.0 Å². The molecule has 0 radical (unpaired) electrons. The highest BCUT2D eigenvalue weighted by Gasteiger charge is 2.25. The minimum atomic E-state index is -0.488. The average molecular weight is 464 g/mol. The number of carbonyl (C=O) groups is 1. The zero-order chi connectivity index (χ0) is 24.5. The molecule has 174 valence electrons. The molecular weight excluding hydrogens is 438 g/mol. The number of rotatable bonds is 5. The summed E-state index contributed by atoms with van der Waals surface area (Å²) in [4.78, 5) is 33.6. The van der Waals surface area contributed by atoms with Crippen LogP contribution in [0.1, 0.15) is 29.1 Å². The number of para-hydroxylation sites is 1. The fourth-order valence-electron chi connectivity index (χ4n) is 4.30. The van der Waals surface area contributed by atoms with Crippen LogP contribution in [0, 0.1) is 0 Å². The Hall–Kier alpha value is -4.45. The summed E-state index contributed by atoms with van der Waals surface area (Å²) >= 11 is 0. The van der Waals surface area contributed by atoms with Crippen molar-refractivity contribution in [1.29, 1.82) is 0 Å². The van der Waals surface area contributed by atoms with E-state index >= 15 is 0 Å². The molecule has 0 aliphatic rings. The largest absolute Gasteiger partial charge is 0.497 e. The Morgan fingerprint density at radius 1 is 0.914 bits per heavy atom. The smallest absolute Gasteiger partial charge is 0.266 e. The summed E-state index contributed by atoms with van der Waals surface area (Å²) in [5.74, 6) is 0.903. The highest BCUT2D eigenvalue weighted by molar-refractivity contribution is 5.94. The van der Waals surface area contributed by atoms with E-state index in [2.05, 4.69) is 0 Å². The first-order chi connectivity index (χ1) is 17.0. The molecule has 35 heavy (non-hydrogen) atoms. The Balaban J connectivity index is 1.67. The van der Waals surface area contributed by atoms with E-state index in [1.165, 1.54) is 0 Å². The first-order valence-electron chi connectivity index (χ1n) is 11.4. The standard InChI is InChI=1S/C29H25N3O3/c1-19(31(2)28(33)22-11-8-12-24(18-22)35-3)27-30-26-14-7-6-13-25(26)29(34)32(27)23-16-15-20-9-4-5-10-21(20)17-23/h4-19H,1-3H3. The van der Waals surface area contributed by atoms with Crippen LogP contribution >= 0.6 is 0 Å². The summed E-state index contributed by atoms with van der Waals surface area (Å²) in [6, 6.07) is 27.7. The molecule has 4 aromatic carbocycles. The van der Waals surface area contributed by atoms with Gasteiger partial charge in [-0.2, -0.15) is 0 Å². The van der Waals surface area contributed by atoms with Crippen molar-refractivity contribution in [3.05, 3.63) is 113 Å². The van der Waals surface area contributed by atoms with Gasteiger partial charge in [-0.25, -0.2) is 4.98 Å². The van der Waals surface area contributed by atoms with E-state index in [4.69, 9.17) is 9.72 Å². The normalized spacial score (nSPS) is 12.0. The lowest BCUT2D eigenvalue weighted by molar-refractivity contribution is 0.0734. The van der Waals surface area contributed by atoms with Gasteiger partial charge in [-0.1, -0.05) is 48.5 Å². The molecule has 5 aromatic rings. The molecule has 0 aliphatic carbocycles. The molecule has 0 N–H and O–H groups in total. The molecular formula is C29H25N3O3. The molecule has 1 aromatic heterocycles. The fourth-order valence-corrected chi connectivity index (χ4v) is 4.30. The van der Waals surface area contributed by atoms with Crippen LogP contribution in [0.2, 0.25) is 0 Å². The lowest BCUT2D eigenvalue weighted by Gasteiger charge is -2.27. The second kappa shape index (κ2) is 9.06. The minimum Gasteiger partial charge on any atom is -0.497 e. The van der Waals surface area contributed by atoms with Crippen LogP contribution in [0.25, 0.3) is 27.4 Å². The molecule has 0 spiro atoms.